The molecule has 0 heterocycles. The van der Waals surface area contributed by atoms with E-state index < -0.39 is 0 Å². The molecule has 4 heteroatoms. The zero-order chi connectivity index (χ0) is 13.7. The molecule has 0 amide bonds. The predicted molar refractivity (Wildman–Crippen MR) is 90.2 cm³/mol. The molecule has 0 atom stereocenters. The largest absolute Gasteiger partial charge is 0.311 e. The predicted octanol–water partition coefficient (Wildman–Crippen LogP) is 5.26. The summed E-state index contributed by atoms with van der Waals surface area (Å²) in [6.45, 7) is 2.00. The normalized spacial score (nSPS) is 18.5. The summed E-state index contributed by atoms with van der Waals surface area (Å²) in [7, 11) is 0. The van der Waals surface area contributed by atoms with Crippen LogP contribution in [0.1, 0.15) is 37.7 Å². The molecule has 0 spiro atoms. The van der Waals surface area contributed by atoms with E-state index in [9.17, 15) is 0 Å². The lowest BCUT2D eigenvalue weighted by Gasteiger charge is -2.36. The zero-order valence-electron chi connectivity index (χ0n) is 11.3. The fourth-order valence-corrected chi connectivity index (χ4v) is 4.13. The third kappa shape index (κ3) is 4.38. The molecule has 1 aliphatic rings. The molecule has 0 aromatic heterocycles. The Kier molecular flexibility index (Phi) is 6.07. The number of thioether (sulfide) groups is 1. The van der Waals surface area contributed by atoms with Crippen LogP contribution in [0.3, 0.4) is 0 Å². The zero-order valence-corrected chi connectivity index (χ0v) is 14.5. The summed E-state index contributed by atoms with van der Waals surface area (Å²) in [5, 5.41) is 4.40. The molecule has 1 saturated carbocycles. The number of halogens is 2. The Labute approximate surface area is 134 Å². The maximum Gasteiger partial charge on any atom is 0.0551 e. The van der Waals surface area contributed by atoms with Gasteiger partial charge in [-0.2, -0.15) is 11.8 Å². The Morgan fingerprint density at radius 3 is 2.68 bits per heavy atom. The van der Waals surface area contributed by atoms with Crippen LogP contribution >= 0.6 is 39.3 Å². The number of hydrogen-bond acceptors (Lipinski definition) is 2. The van der Waals surface area contributed by atoms with E-state index in [0.717, 1.165) is 22.6 Å². The smallest absolute Gasteiger partial charge is 0.0551 e. The van der Waals surface area contributed by atoms with Gasteiger partial charge in [-0.25, -0.2) is 0 Å². The molecule has 19 heavy (non-hydrogen) atoms. The van der Waals surface area contributed by atoms with Crippen LogP contribution < -0.4 is 5.32 Å². The van der Waals surface area contributed by atoms with Crippen molar-refractivity contribution in [1.82, 2.24) is 5.32 Å². The van der Waals surface area contributed by atoms with Crippen LogP contribution in [0.15, 0.2) is 22.7 Å². The molecule has 2 rings (SSSR count). The van der Waals surface area contributed by atoms with Crippen molar-refractivity contribution in [2.24, 2.45) is 0 Å². The van der Waals surface area contributed by atoms with E-state index in [4.69, 9.17) is 11.6 Å². The van der Waals surface area contributed by atoms with E-state index in [1.807, 2.05) is 23.9 Å². The molecule has 0 bridgehead atoms. The van der Waals surface area contributed by atoms with Gasteiger partial charge in [0.2, 0.25) is 0 Å². The third-order valence-electron chi connectivity index (χ3n) is 3.96. The van der Waals surface area contributed by atoms with Gasteiger partial charge in [0.15, 0.2) is 0 Å². The van der Waals surface area contributed by atoms with Gasteiger partial charge >= 0.3 is 0 Å². The lowest BCUT2D eigenvalue weighted by Crippen LogP contribution is -2.39. The van der Waals surface area contributed by atoms with Crippen LogP contribution in [0, 0.1) is 0 Å². The first-order chi connectivity index (χ1) is 9.15. The average molecular weight is 363 g/mol. The number of nitrogens with one attached hydrogen (secondary N) is 1. The average Bonchev–Trinajstić information content (AvgIpc) is 2.44. The molecule has 0 aliphatic heterocycles. The van der Waals surface area contributed by atoms with Crippen molar-refractivity contribution >= 4 is 39.3 Å². The molecule has 0 saturated heterocycles. The molecule has 1 aromatic carbocycles. The van der Waals surface area contributed by atoms with E-state index in [2.05, 4.69) is 33.6 Å². The van der Waals surface area contributed by atoms with Gasteiger partial charge in [0.1, 0.15) is 0 Å². The van der Waals surface area contributed by atoms with E-state index in [1.165, 1.54) is 37.7 Å². The van der Waals surface area contributed by atoms with E-state index in [-0.39, 0.29) is 0 Å². The monoisotopic (exact) mass is 361 g/mol. The molecule has 106 valence electrons. The molecule has 0 unspecified atom stereocenters. The lowest BCUT2D eigenvalue weighted by atomic mass is 9.88. The van der Waals surface area contributed by atoms with Crippen molar-refractivity contribution in [3.05, 3.63) is 33.3 Å². The minimum atomic E-state index is 0.456. The van der Waals surface area contributed by atoms with Gasteiger partial charge in [0.25, 0.3) is 0 Å². The molecule has 1 aromatic rings. The summed E-state index contributed by atoms with van der Waals surface area (Å²) >= 11 is 11.6. The Hall–Kier alpha value is 0.300. The van der Waals surface area contributed by atoms with E-state index in [0.29, 0.717) is 4.75 Å². The van der Waals surface area contributed by atoms with Crippen LogP contribution in [-0.4, -0.2) is 17.5 Å². The Bertz CT molecular complexity index is 419. The van der Waals surface area contributed by atoms with Crippen LogP contribution in [0.2, 0.25) is 5.02 Å². The van der Waals surface area contributed by atoms with Crippen molar-refractivity contribution in [3.8, 4) is 0 Å². The summed E-state index contributed by atoms with van der Waals surface area (Å²) in [5.41, 5.74) is 1.25. The fourth-order valence-electron chi connectivity index (χ4n) is 2.73. The molecular weight excluding hydrogens is 342 g/mol. The number of rotatable bonds is 5. The summed E-state index contributed by atoms with van der Waals surface area (Å²) in [6.07, 6.45) is 9.12. The van der Waals surface area contributed by atoms with Crippen molar-refractivity contribution < 1.29 is 0 Å². The summed E-state index contributed by atoms with van der Waals surface area (Å²) in [4.78, 5) is 0. The molecule has 1 N–H and O–H groups in total. The van der Waals surface area contributed by atoms with Crippen molar-refractivity contribution in [3.63, 3.8) is 0 Å². The SMILES string of the molecule is CSC1(CNCc2ccc(Br)c(Cl)c2)CCCCC1. The molecule has 1 fully saturated rings. The second kappa shape index (κ2) is 7.35. The third-order valence-corrected chi connectivity index (χ3v) is 6.61. The summed E-state index contributed by atoms with van der Waals surface area (Å²) < 4.78 is 1.42. The van der Waals surface area contributed by atoms with E-state index >= 15 is 0 Å². The standard InChI is InChI=1S/C15H21BrClNS/c1-19-15(7-3-2-4-8-15)11-18-10-12-5-6-13(16)14(17)9-12/h5-6,9,18H,2-4,7-8,10-11H2,1H3. The summed E-state index contributed by atoms with van der Waals surface area (Å²) in [5.74, 6) is 0. The minimum absolute atomic E-state index is 0.456. The highest BCUT2D eigenvalue weighted by molar-refractivity contribution is 9.10. The van der Waals surface area contributed by atoms with Crippen LogP contribution in [0.25, 0.3) is 0 Å². The number of hydrogen-bond donors (Lipinski definition) is 1. The topological polar surface area (TPSA) is 12.0 Å². The van der Waals surface area contributed by atoms with Gasteiger partial charge in [0.05, 0.1) is 5.02 Å². The molecule has 1 aliphatic carbocycles. The van der Waals surface area contributed by atoms with Crippen molar-refractivity contribution in [2.45, 2.75) is 43.4 Å². The van der Waals surface area contributed by atoms with Gasteiger partial charge in [-0.15, -0.1) is 0 Å². The Morgan fingerprint density at radius 1 is 1.32 bits per heavy atom. The minimum Gasteiger partial charge on any atom is -0.311 e. The first kappa shape index (κ1) is 15.7. The Balaban J connectivity index is 1.86. The maximum absolute atomic E-state index is 6.12. The van der Waals surface area contributed by atoms with Gasteiger partial charge in [-0.05, 0) is 52.7 Å². The van der Waals surface area contributed by atoms with Gasteiger partial charge in [-0.3, -0.25) is 0 Å². The second-order valence-electron chi connectivity index (χ2n) is 5.30. The quantitative estimate of drug-likeness (QED) is 0.767. The molecule has 0 radical (unpaired) electrons. The Morgan fingerprint density at radius 2 is 2.05 bits per heavy atom. The highest BCUT2D eigenvalue weighted by Crippen LogP contribution is 2.38. The van der Waals surface area contributed by atoms with E-state index in [1.54, 1.807) is 0 Å². The first-order valence-electron chi connectivity index (χ1n) is 6.85. The van der Waals surface area contributed by atoms with Crippen molar-refractivity contribution in [1.29, 1.82) is 0 Å². The second-order valence-corrected chi connectivity index (χ2v) is 7.84. The molecule has 1 nitrogen and oxygen atoms in total. The van der Waals surface area contributed by atoms with Crippen LogP contribution in [-0.2, 0) is 6.54 Å². The highest BCUT2D eigenvalue weighted by Gasteiger charge is 2.30. The highest BCUT2D eigenvalue weighted by atomic mass is 79.9. The first-order valence-corrected chi connectivity index (χ1v) is 9.25. The summed E-state index contributed by atoms with van der Waals surface area (Å²) in [6, 6.07) is 6.17. The van der Waals surface area contributed by atoms with Crippen molar-refractivity contribution in [2.75, 3.05) is 12.8 Å². The molecular formula is C15H21BrClNS. The van der Waals surface area contributed by atoms with Crippen LogP contribution in [0.5, 0.6) is 0 Å². The lowest BCUT2D eigenvalue weighted by molar-refractivity contribution is 0.379. The number of benzene rings is 1. The van der Waals surface area contributed by atoms with Gasteiger partial charge in [0, 0.05) is 22.3 Å². The van der Waals surface area contributed by atoms with Gasteiger partial charge < -0.3 is 5.32 Å². The van der Waals surface area contributed by atoms with Gasteiger partial charge in [-0.1, -0.05) is 36.9 Å². The fraction of sp³-hybridized carbons (Fsp3) is 0.600. The maximum atomic E-state index is 6.12. The van der Waals surface area contributed by atoms with Crippen LogP contribution in [0.4, 0.5) is 0 Å².